The van der Waals surface area contributed by atoms with Crippen molar-refractivity contribution < 1.29 is 4.42 Å². The van der Waals surface area contributed by atoms with Crippen molar-refractivity contribution in [2.75, 3.05) is 0 Å². The summed E-state index contributed by atoms with van der Waals surface area (Å²) in [5.41, 5.74) is 6.16. The number of hydrogen-bond acceptors (Lipinski definition) is 2. The van der Waals surface area contributed by atoms with E-state index in [0.717, 1.165) is 40.4 Å². The van der Waals surface area contributed by atoms with E-state index in [2.05, 4.69) is 36.5 Å². The number of pyridine rings is 1. The second-order valence-corrected chi connectivity index (χ2v) is 8.44. The fourth-order valence-electron chi connectivity index (χ4n) is 6.40. The van der Waals surface area contributed by atoms with Gasteiger partial charge in [-0.2, -0.15) is 0 Å². The van der Waals surface area contributed by atoms with Crippen LogP contribution in [0.15, 0.2) is 47.0 Å². The van der Waals surface area contributed by atoms with Gasteiger partial charge in [-0.25, -0.2) is 0 Å². The van der Waals surface area contributed by atoms with E-state index in [0.29, 0.717) is 0 Å². The Morgan fingerprint density at radius 2 is 1.80 bits per heavy atom. The van der Waals surface area contributed by atoms with Gasteiger partial charge < -0.3 is 4.42 Å². The third-order valence-corrected chi connectivity index (χ3v) is 7.26. The van der Waals surface area contributed by atoms with E-state index in [1.54, 1.807) is 11.1 Å². The molecule has 7 rings (SSSR count). The number of rotatable bonds is 0. The minimum Gasteiger partial charge on any atom is -0.454 e. The lowest BCUT2D eigenvalue weighted by Gasteiger charge is -2.36. The Balaban J connectivity index is 1.61. The van der Waals surface area contributed by atoms with Crippen LogP contribution < -0.4 is 0 Å². The molecule has 3 bridgehead atoms. The molecule has 0 spiro atoms. The highest BCUT2D eigenvalue weighted by molar-refractivity contribution is 6.14. The van der Waals surface area contributed by atoms with Crippen LogP contribution in [0.1, 0.15) is 48.6 Å². The normalized spacial score (nSPS) is 29.8. The largest absolute Gasteiger partial charge is 0.454 e. The molecule has 2 aromatic carbocycles. The fourth-order valence-corrected chi connectivity index (χ4v) is 6.40. The Bertz CT molecular complexity index is 1190. The van der Waals surface area contributed by atoms with Gasteiger partial charge >= 0.3 is 0 Å². The van der Waals surface area contributed by atoms with Crippen LogP contribution in [0.5, 0.6) is 0 Å². The van der Waals surface area contributed by atoms with Crippen molar-refractivity contribution in [1.29, 1.82) is 0 Å². The third-order valence-electron chi connectivity index (χ3n) is 7.26. The van der Waals surface area contributed by atoms with Gasteiger partial charge in [0.05, 0.1) is 0 Å². The molecule has 0 amide bonds. The lowest BCUT2D eigenvalue weighted by molar-refractivity contribution is 0.297. The van der Waals surface area contributed by atoms with Gasteiger partial charge in [0.15, 0.2) is 5.58 Å². The summed E-state index contributed by atoms with van der Waals surface area (Å²) in [6.07, 6.45) is 7.83. The molecule has 2 saturated carbocycles. The molecule has 3 aliphatic carbocycles. The van der Waals surface area contributed by atoms with Crippen LogP contribution in [0.25, 0.3) is 32.8 Å². The highest BCUT2D eigenvalue weighted by atomic mass is 16.3. The Kier molecular flexibility index (Phi) is 2.19. The number of para-hydroxylation sites is 1. The molecule has 2 heteroatoms. The molecule has 2 nitrogen and oxygen atoms in total. The molecule has 0 saturated heterocycles. The van der Waals surface area contributed by atoms with E-state index in [1.807, 2.05) is 6.07 Å². The van der Waals surface area contributed by atoms with Crippen molar-refractivity contribution in [3.63, 3.8) is 0 Å². The maximum atomic E-state index is 6.24. The van der Waals surface area contributed by atoms with Crippen molar-refractivity contribution in [2.24, 2.45) is 11.8 Å². The maximum absolute atomic E-state index is 6.24. The van der Waals surface area contributed by atoms with E-state index in [1.165, 1.54) is 41.8 Å². The van der Waals surface area contributed by atoms with Crippen LogP contribution in [0.4, 0.5) is 0 Å². The predicted octanol–water partition coefficient (Wildman–Crippen LogP) is 6.14. The molecule has 4 unspecified atom stereocenters. The summed E-state index contributed by atoms with van der Waals surface area (Å²) < 4.78 is 6.24. The van der Waals surface area contributed by atoms with E-state index in [4.69, 9.17) is 9.40 Å². The molecule has 3 aliphatic rings. The first kappa shape index (κ1) is 12.9. The number of fused-ring (bicyclic) bond motifs is 11. The molecule has 2 fully saturated rings. The average Bonchev–Trinajstić information content (AvgIpc) is 3.13. The molecular formula is C23H19NO. The van der Waals surface area contributed by atoms with Crippen LogP contribution in [0.3, 0.4) is 0 Å². The second kappa shape index (κ2) is 4.24. The summed E-state index contributed by atoms with van der Waals surface area (Å²) in [4.78, 5) is 4.94. The molecule has 2 heterocycles. The van der Waals surface area contributed by atoms with Crippen LogP contribution in [0, 0.1) is 11.8 Å². The fraction of sp³-hybridized carbons (Fsp3) is 0.348. The quantitative estimate of drug-likeness (QED) is 0.388. The minimum atomic E-state index is 0.741. The minimum absolute atomic E-state index is 0.741. The Morgan fingerprint density at radius 1 is 0.880 bits per heavy atom. The monoisotopic (exact) mass is 325 g/mol. The first-order chi connectivity index (χ1) is 12.4. The van der Waals surface area contributed by atoms with Crippen molar-refractivity contribution in [3.05, 3.63) is 53.7 Å². The summed E-state index contributed by atoms with van der Waals surface area (Å²) in [5, 5.41) is 3.73. The molecular weight excluding hydrogens is 306 g/mol. The highest BCUT2D eigenvalue weighted by Gasteiger charge is 2.47. The Labute approximate surface area is 145 Å². The van der Waals surface area contributed by atoms with Crippen molar-refractivity contribution >= 4 is 32.8 Å². The lowest BCUT2D eigenvalue weighted by atomic mass is 9.68. The SMILES string of the molecule is c1ccc2c(c1)oc1c2ccc2c3c(cnc21)C1CC2CC3CC1C2. The molecule has 0 aliphatic heterocycles. The van der Waals surface area contributed by atoms with E-state index < -0.39 is 0 Å². The second-order valence-electron chi connectivity index (χ2n) is 8.44. The Morgan fingerprint density at radius 3 is 2.80 bits per heavy atom. The van der Waals surface area contributed by atoms with Gasteiger partial charge in [-0.15, -0.1) is 0 Å². The molecule has 2 aromatic heterocycles. The molecule has 0 radical (unpaired) electrons. The van der Waals surface area contributed by atoms with Gasteiger partial charge in [0, 0.05) is 22.4 Å². The zero-order valence-corrected chi connectivity index (χ0v) is 14.0. The van der Waals surface area contributed by atoms with Gasteiger partial charge in [-0.3, -0.25) is 4.98 Å². The first-order valence-corrected chi connectivity index (χ1v) is 9.59. The number of benzene rings is 2. The van der Waals surface area contributed by atoms with Crippen LogP contribution >= 0.6 is 0 Å². The van der Waals surface area contributed by atoms with Gasteiger partial charge in [0.2, 0.25) is 0 Å². The summed E-state index contributed by atoms with van der Waals surface area (Å²) in [7, 11) is 0. The molecule has 4 atom stereocenters. The summed E-state index contributed by atoms with van der Waals surface area (Å²) in [6.45, 7) is 0. The number of hydrogen-bond donors (Lipinski definition) is 0. The van der Waals surface area contributed by atoms with Gasteiger partial charge in [-0.05, 0) is 72.6 Å². The molecule has 122 valence electrons. The predicted molar refractivity (Wildman–Crippen MR) is 100.0 cm³/mol. The van der Waals surface area contributed by atoms with Crippen LogP contribution in [-0.2, 0) is 0 Å². The summed E-state index contributed by atoms with van der Waals surface area (Å²) >= 11 is 0. The molecule has 0 N–H and O–H groups in total. The third kappa shape index (κ3) is 1.50. The number of furan rings is 1. The zero-order valence-electron chi connectivity index (χ0n) is 14.0. The van der Waals surface area contributed by atoms with Crippen LogP contribution in [0.2, 0.25) is 0 Å². The highest BCUT2D eigenvalue weighted by Crippen LogP contribution is 2.61. The van der Waals surface area contributed by atoms with Gasteiger partial charge in [0.1, 0.15) is 11.1 Å². The molecule has 4 aromatic rings. The number of aromatic nitrogens is 1. The maximum Gasteiger partial charge on any atom is 0.161 e. The zero-order chi connectivity index (χ0) is 16.1. The van der Waals surface area contributed by atoms with E-state index >= 15 is 0 Å². The van der Waals surface area contributed by atoms with Gasteiger partial charge in [0.25, 0.3) is 0 Å². The summed E-state index contributed by atoms with van der Waals surface area (Å²) in [5.74, 6) is 3.38. The van der Waals surface area contributed by atoms with Crippen LogP contribution in [-0.4, -0.2) is 4.98 Å². The standard InChI is InChI=1S/C23H19NO/c1-2-4-20-15(3-1)16-5-6-17-21-14-8-12-7-13(10-14)18(9-12)19(21)11-24-22(17)23(16)25-20/h1-6,11-14,18H,7-10H2. The Hall–Kier alpha value is -2.35. The van der Waals surface area contributed by atoms with Crippen molar-refractivity contribution in [2.45, 2.75) is 37.5 Å². The topological polar surface area (TPSA) is 26.0 Å². The molecule has 25 heavy (non-hydrogen) atoms. The number of nitrogens with zero attached hydrogens (tertiary/aromatic N) is 1. The van der Waals surface area contributed by atoms with Crippen molar-refractivity contribution in [3.8, 4) is 0 Å². The average molecular weight is 325 g/mol. The first-order valence-electron chi connectivity index (χ1n) is 9.59. The lowest BCUT2D eigenvalue weighted by Crippen LogP contribution is -2.23. The van der Waals surface area contributed by atoms with Crippen molar-refractivity contribution in [1.82, 2.24) is 4.98 Å². The summed E-state index contributed by atoms with van der Waals surface area (Å²) in [6, 6.07) is 12.9. The van der Waals surface area contributed by atoms with Gasteiger partial charge in [-0.1, -0.05) is 24.3 Å². The van der Waals surface area contributed by atoms with E-state index in [9.17, 15) is 0 Å². The smallest absolute Gasteiger partial charge is 0.161 e. The van der Waals surface area contributed by atoms with E-state index in [-0.39, 0.29) is 0 Å².